The summed E-state index contributed by atoms with van der Waals surface area (Å²) in [6.07, 6.45) is 0. The number of aromatic hydroxyl groups is 1. The molecular formula is C21H19FN2O2S. The second-order valence-electron chi connectivity index (χ2n) is 5.84. The summed E-state index contributed by atoms with van der Waals surface area (Å²) in [7, 11) is 1.48. The van der Waals surface area contributed by atoms with E-state index in [0.29, 0.717) is 23.1 Å². The number of rotatable bonds is 5. The molecule has 0 spiro atoms. The van der Waals surface area contributed by atoms with E-state index in [2.05, 4.69) is 5.32 Å². The van der Waals surface area contributed by atoms with Crippen molar-refractivity contribution < 1.29 is 14.2 Å². The average Bonchev–Trinajstić information content (AvgIpc) is 2.68. The zero-order valence-corrected chi connectivity index (χ0v) is 15.5. The van der Waals surface area contributed by atoms with Crippen LogP contribution in [-0.2, 0) is 6.54 Å². The van der Waals surface area contributed by atoms with Gasteiger partial charge in [-0.15, -0.1) is 0 Å². The van der Waals surface area contributed by atoms with Gasteiger partial charge in [0, 0.05) is 5.69 Å². The number of methoxy groups -OCH3 is 1. The summed E-state index contributed by atoms with van der Waals surface area (Å²) in [5.74, 6) is 0.0204. The van der Waals surface area contributed by atoms with Crippen LogP contribution in [0.25, 0.3) is 0 Å². The molecule has 3 rings (SSSR count). The number of nitrogens with zero attached hydrogens (tertiary/aromatic N) is 1. The van der Waals surface area contributed by atoms with Gasteiger partial charge in [-0.2, -0.15) is 0 Å². The molecule has 4 nitrogen and oxygen atoms in total. The number of ether oxygens (including phenoxy) is 1. The fourth-order valence-electron chi connectivity index (χ4n) is 2.65. The lowest BCUT2D eigenvalue weighted by atomic mass is 10.1. The molecule has 0 aliphatic rings. The summed E-state index contributed by atoms with van der Waals surface area (Å²) in [5.41, 5.74) is 1.98. The number of phenolic OH excluding ortho intramolecular Hbond substituents is 1. The number of benzene rings is 3. The lowest BCUT2D eigenvalue weighted by Crippen LogP contribution is -2.34. The number of hydrogen-bond acceptors (Lipinski definition) is 3. The van der Waals surface area contributed by atoms with Gasteiger partial charge in [0.15, 0.2) is 16.6 Å². The monoisotopic (exact) mass is 382 g/mol. The SMILES string of the molecule is COc1cc(CN(C(=S)Nc2ccccc2)c2ccccc2F)ccc1O. The molecule has 3 aromatic rings. The third kappa shape index (κ3) is 4.54. The summed E-state index contributed by atoms with van der Waals surface area (Å²) in [5, 5.41) is 13.3. The predicted octanol–water partition coefficient (Wildman–Crippen LogP) is 4.94. The van der Waals surface area contributed by atoms with Gasteiger partial charge in [-0.1, -0.05) is 36.4 Å². The number of phenols is 1. The topological polar surface area (TPSA) is 44.7 Å². The number of halogens is 1. The maximum absolute atomic E-state index is 14.5. The zero-order chi connectivity index (χ0) is 19.2. The van der Waals surface area contributed by atoms with Gasteiger partial charge < -0.3 is 20.1 Å². The Hall–Kier alpha value is -3.12. The number of hydrogen-bond donors (Lipinski definition) is 2. The van der Waals surface area contributed by atoms with Crippen molar-refractivity contribution in [1.82, 2.24) is 0 Å². The Bertz CT molecular complexity index is 934. The van der Waals surface area contributed by atoms with Crippen LogP contribution in [0.15, 0.2) is 72.8 Å². The minimum Gasteiger partial charge on any atom is -0.504 e. The fourth-order valence-corrected chi connectivity index (χ4v) is 2.93. The summed E-state index contributed by atoms with van der Waals surface area (Å²) in [6, 6.07) is 20.9. The third-order valence-electron chi connectivity index (χ3n) is 4.00. The summed E-state index contributed by atoms with van der Waals surface area (Å²) in [6.45, 7) is 0.302. The van der Waals surface area contributed by atoms with Gasteiger partial charge in [-0.05, 0) is 54.2 Å². The van der Waals surface area contributed by atoms with Crippen LogP contribution in [0.5, 0.6) is 11.5 Å². The Morgan fingerprint density at radius 2 is 1.78 bits per heavy atom. The van der Waals surface area contributed by atoms with Gasteiger partial charge in [0.1, 0.15) is 5.82 Å². The summed E-state index contributed by atoms with van der Waals surface area (Å²) >= 11 is 5.55. The molecular weight excluding hydrogens is 363 g/mol. The molecule has 0 fully saturated rings. The maximum Gasteiger partial charge on any atom is 0.178 e. The van der Waals surface area contributed by atoms with E-state index in [9.17, 15) is 9.50 Å². The first-order valence-corrected chi connectivity index (χ1v) is 8.73. The molecule has 6 heteroatoms. The molecule has 0 atom stereocenters. The van der Waals surface area contributed by atoms with Crippen LogP contribution in [0, 0.1) is 5.82 Å². The molecule has 0 heterocycles. The fraction of sp³-hybridized carbons (Fsp3) is 0.0952. The number of para-hydroxylation sites is 2. The van der Waals surface area contributed by atoms with Crippen molar-refractivity contribution in [1.29, 1.82) is 0 Å². The van der Waals surface area contributed by atoms with Crippen molar-refractivity contribution >= 4 is 28.7 Å². The van der Waals surface area contributed by atoms with Crippen LogP contribution >= 0.6 is 12.2 Å². The maximum atomic E-state index is 14.5. The lowest BCUT2D eigenvalue weighted by Gasteiger charge is -2.26. The number of nitrogens with one attached hydrogen (secondary N) is 1. The Labute approximate surface area is 162 Å². The zero-order valence-electron chi connectivity index (χ0n) is 14.7. The van der Waals surface area contributed by atoms with E-state index in [1.807, 2.05) is 30.3 Å². The average molecular weight is 382 g/mol. The molecule has 0 aromatic heterocycles. The molecule has 0 amide bonds. The van der Waals surface area contributed by atoms with Crippen LogP contribution in [0.4, 0.5) is 15.8 Å². The molecule has 0 aliphatic heterocycles. The Morgan fingerprint density at radius 3 is 2.48 bits per heavy atom. The highest BCUT2D eigenvalue weighted by Crippen LogP contribution is 2.29. The van der Waals surface area contributed by atoms with Crippen LogP contribution < -0.4 is 15.0 Å². The minimum atomic E-state index is -0.375. The molecule has 27 heavy (non-hydrogen) atoms. The van der Waals surface area contributed by atoms with E-state index in [4.69, 9.17) is 17.0 Å². The van der Waals surface area contributed by atoms with Crippen molar-refractivity contribution in [2.75, 3.05) is 17.3 Å². The summed E-state index contributed by atoms with van der Waals surface area (Å²) in [4.78, 5) is 1.67. The lowest BCUT2D eigenvalue weighted by molar-refractivity contribution is 0.373. The Kier molecular flexibility index (Phi) is 5.88. The third-order valence-corrected chi connectivity index (χ3v) is 4.32. The molecule has 0 saturated carbocycles. The first-order chi connectivity index (χ1) is 13.1. The minimum absolute atomic E-state index is 0.0451. The molecule has 3 aromatic carbocycles. The smallest absolute Gasteiger partial charge is 0.178 e. The highest BCUT2D eigenvalue weighted by Gasteiger charge is 2.17. The highest BCUT2D eigenvalue weighted by atomic mass is 32.1. The first-order valence-electron chi connectivity index (χ1n) is 8.32. The molecule has 0 aliphatic carbocycles. The molecule has 0 unspecified atom stereocenters. The van der Waals surface area contributed by atoms with Gasteiger partial charge in [-0.3, -0.25) is 0 Å². The van der Waals surface area contributed by atoms with Crippen molar-refractivity contribution in [3.63, 3.8) is 0 Å². The van der Waals surface area contributed by atoms with E-state index < -0.39 is 0 Å². The number of anilines is 2. The van der Waals surface area contributed by atoms with Crippen molar-refractivity contribution in [3.05, 3.63) is 84.2 Å². The van der Waals surface area contributed by atoms with E-state index in [-0.39, 0.29) is 11.6 Å². The van der Waals surface area contributed by atoms with E-state index in [1.54, 1.807) is 41.3 Å². The van der Waals surface area contributed by atoms with Crippen molar-refractivity contribution in [2.45, 2.75) is 6.54 Å². The molecule has 0 bridgehead atoms. The standard InChI is InChI=1S/C21H19FN2O2S/c1-26-20-13-15(11-12-19(20)25)14-24(18-10-6-5-9-17(18)22)21(27)23-16-7-3-2-4-8-16/h2-13,25H,14H2,1H3,(H,23,27). The van der Waals surface area contributed by atoms with Gasteiger partial charge in [-0.25, -0.2) is 4.39 Å². The second-order valence-corrected chi connectivity index (χ2v) is 6.23. The predicted molar refractivity (Wildman–Crippen MR) is 110 cm³/mol. The van der Waals surface area contributed by atoms with Crippen molar-refractivity contribution in [3.8, 4) is 11.5 Å². The highest BCUT2D eigenvalue weighted by molar-refractivity contribution is 7.80. The molecule has 2 N–H and O–H groups in total. The van der Waals surface area contributed by atoms with Gasteiger partial charge in [0.25, 0.3) is 0 Å². The first kappa shape index (κ1) is 18.7. The van der Waals surface area contributed by atoms with Crippen LogP contribution in [-0.4, -0.2) is 17.3 Å². The van der Waals surface area contributed by atoms with Crippen LogP contribution in [0.2, 0.25) is 0 Å². The Morgan fingerprint density at radius 1 is 1.07 bits per heavy atom. The second kappa shape index (κ2) is 8.51. The molecule has 0 radical (unpaired) electrons. The Balaban J connectivity index is 1.93. The van der Waals surface area contributed by atoms with Gasteiger partial charge in [0.05, 0.1) is 19.3 Å². The van der Waals surface area contributed by atoms with E-state index >= 15 is 0 Å². The van der Waals surface area contributed by atoms with Crippen molar-refractivity contribution in [2.24, 2.45) is 0 Å². The van der Waals surface area contributed by atoms with E-state index in [0.717, 1.165) is 11.3 Å². The molecule has 138 valence electrons. The quantitative estimate of drug-likeness (QED) is 0.612. The van der Waals surface area contributed by atoms with Crippen LogP contribution in [0.3, 0.4) is 0 Å². The largest absolute Gasteiger partial charge is 0.504 e. The van der Waals surface area contributed by atoms with Crippen LogP contribution in [0.1, 0.15) is 5.56 Å². The molecule has 0 saturated heterocycles. The van der Waals surface area contributed by atoms with E-state index in [1.165, 1.54) is 13.2 Å². The normalized spacial score (nSPS) is 10.3. The number of thiocarbonyl (C=S) groups is 1. The van der Waals surface area contributed by atoms with Gasteiger partial charge in [0.2, 0.25) is 0 Å². The van der Waals surface area contributed by atoms with Gasteiger partial charge >= 0.3 is 0 Å². The summed E-state index contributed by atoms with van der Waals surface area (Å²) < 4.78 is 19.6.